The molecule has 14 heteroatoms. The lowest BCUT2D eigenvalue weighted by Gasteiger charge is -2.27. The molecule has 61 heavy (non-hydrogen) atoms. The van der Waals surface area contributed by atoms with Crippen molar-refractivity contribution < 1.29 is 38.6 Å². The van der Waals surface area contributed by atoms with Crippen molar-refractivity contribution in [3.8, 4) is 16.9 Å². The number of carbonyl (C=O) groups excluding carboxylic acids is 5. The fourth-order valence-electron chi connectivity index (χ4n) is 7.18. The van der Waals surface area contributed by atoms with Crippen molar-refractivity contribution in [2.45, 2.75) is 74.7 Å². The SMILES string of the molecule is O=C1COc2ccc(cc2)C[C@@H](C(=O)NC2(C(=O)O)CC2)NC(=O)[C@@H](CCc2ccccc2)NC(=O)[C@H](Cc2ccc(-c3ccccc3)cc2)NC(=O)C(Cc2cccs2)N1. The van der Waals surface area contributed by atoms with E-state index in [9.17, 15) is 33.9 Å². The number of aliphatic carboxylic acids is 1. The van der Waals surface area contributed by atoms with Gasteiger partial charge in [0.25, 0.3) is 5.91 Å². The van der Waals surface area contributed by atoms with Crippen LogP contribution in [-0.2, 0) is 54.5 Å². The molecule has 6 N–H and O–H groups in total. The van der Waals surface area contributed by atoms with E-state index in [0.717, 1.165) is 27.1 Å². The largest absolute Gasteiger partial charge is 0.484 e. The number of benzene rings is 4. The number of carboxylic acid groups (broad SMARTS) is 1. The zero-order valence-electron chi connectivity index (χ0n) is 33.3. The molecule has 314 valence electrons. The Morgan fingerprint density at radius 3 is 1.93 bits per heavy atom. The van der Waals surface area contributed by atoms with Gasteiger partial charge in [0, 0.05) is 24.1 Å². The van der Waals surface area contributed by atoms with Gasteiger partial charge >= 0.3 is 5.97 Å². The Morgan fingerprint density at radius 2 is 1.30 bits per heavy atom. The fourth-order valence-corrected chi connectivity index (χ4v) is 7.93. The maximum Gasteiger partial charge on any atom is 0.329 e. The topological polar surface area (TPSA) is 192 Å². The van der Waals surface area contributed by atoms with Crippen LogP contribution in [0.1, 0.15) is 40.8 Å². The van der Waals surface area contributed by atoms with E-state index < -0.39 is 71.8 Å². The van der Waals surface area contributed by atoms with Gasteiger partial charge in [-0.25, -0.2) is 4.79 Å². The Hall–Kier alpha value is -6.80. The summed E-state index contributed by atoms with van der Waals surface area (Å²) >= 11 is 1.42. The van der Waals surface area contributed by atoms with E-state index in [1.165, 1.54) is 11.3 Å². The standard InChI is InChI=1S/C47H47N5O8S/c53-41-29-60-35-20-15-32(16-21-35)27-39(45(57)52-47(23-24-47)46(58)59)51-42(54)37(22-17-30-8-3-1-4-9-30)49-43(55)38(50-44(56)40(48-41)28-36-12-7-25-61-36)26-31-13-18-34(19-14-31)33-10-5-2-6-11-33/h1-16,18-21,25,37-40H,17,22-24,26-29H2,(H,48,53)(H,49,55)(H,50,56)(H,51,54)(H,52,57)(H,58,59)/t37-,38+,39+,40?/m1/s1. The highest BCUT2D eigenvalue weighted by molar-refractivity contribution is 7.09. The Balaban J connectivity index is 1.22. The van der Waals surface area contributed by atoms with E-state index in [1.807, 2.05) is 102 Å². The molecule has 5 aromatic rings. The molecule has 4 atom stereocenters. The Kier molecular flexibility index (Phi) is 13.5. The Morgan fingerprint density at radius 1 is 0.672 bits per heavy atom. The van der Waals surface area contributed by atoms with Gasteiger partial charge in [0.2, 0.25) is 23.6 Å². The maximum atomic E-state index is 14.6. The highest BCUT2D eigenvalue weighted by Crippen LogP contribution is 2.35. The first-order chi connectivity index (χ1) is 29.5. The molecule has 5 amide bonds. The predicted molar refractivity (Wildman–Crippen MR) is 229 cm³/mol. The van der Waals surface area contributed by atoms with E-state index >= 15 is 0 Å². The van der Waals surface area contributed by atoms with Crippen molar-refractivity contribution in [3.63, 3.8) is 0 Å². The van der Waals surface area contributed by atoms with Gasteiger partial charge in [-0.15, -0.1) is 11.3 Å². The lowest BCUT2D eigenvalue weighted by molar-refractivity contribution is -0.143. The highest BCUT2D eigenvalue weighted by Gasteiger charge is 2.52. The van der Waals surface area contributed by atoms with Gasteiger partial charge in [-0.05, 0) is 77.1 Å². The number of carboxylic acids is 1. The summed E-state index contributed by atoms with van der Waals surface area (Å²) in [5.41, 5.74) is 2.80. The zero-order valence-corrected chi connectivity index (χ0v) is 34.1. The molecule has 3 aliphatic rings. The van der Waals surface area contributed by atoms with Crippen molar-refractivity contribution >= 4 is 46.8 Å². The van der Waals surface area contributed by atoms with Crippen molar-refractivity contribution in [1.82, 2.24) is 26.6 Å². The quantitative estimate of drug-likeness (QED) is 0.107. The van der Waals surface area contributed by atoms with Crippen LogP contribution >= 0.6 is 11.3 Å². The van der Waals surface area contributed by atoms with Crippen LogP contribution in [0.15, 0.2) is 127 Å². The normalized spacial score (nSPS) is 20.6. The molecule has 2 bridgehead atoms. The number of carbonyl (C=O) groups is 6. The Labute approximate surface area is 357 Å². The summed E-state index contributed by atoms with van der Waals surface area (Å²) in [4.78, 5) is 83.2. The van der Waals surface area contributed by atoms with E-state index in [2.05, 4.69) is 26.6 Å². The molecule has 1 unspecified atom stereocenters. The summed E-state index contributed by atoms with van der Waals surface area (Å²) in [7, 11) is 0. The van der Waals surface area contributed by atoms with Gasteiger partial charge in [-0.3, -0.25) is 24.0 Å². The highest BCUT2D eigenvalue weighted by atomic mass is 32.1. The van der Waals surface area contributed by atoms with Gasteiger partial charge < -0.3 is 36.4 Å². The van der Waals surface area contributed by atoms with Crippen molar-refractivity contribution in [2.75, 3.05) is 6.61 Å². The van der Waals surface area contributed by atoms with E-state index in [0.29, 0.717) is 17.7 Å². The molecule has 0 spiro atoms. The molecular weight excluding hydrogens is 795 g/mol. The van der Waals surface area contributed by atoms with Crippen LogP contribution in [-0.4, -0.2) is 76.9 Å². The summed E-state index contributed by atoms with van der Waals surface area (Å²) in [5, 5.41) is 25.7. The lowest BCUT2D eigenvalue weighted by atomic mass is 9.99. The molecule has 13 nitrogen and oxygen atoms in total. The average molecular weight is 842 g/mol. The number of nitrogens with one attached hydrogen (secondary N) is 5. The number of rotatable bonds is 11. The van der Waals surface area contributed by atoms with Crippen LogP contribution in [0.5, 0.6) is 5.75 Å². The van der Waals surface area contributed by atoms with Crippen molar-refractivity contribution in [3.05, 3.63) is 148 Å². The molecule has 1 aliphatic carbocycles. The fraction of sp³-hybridized carbons (Fsp3) is 0.277. The number of fused-ring (bicyclic) bond motifs is 16. The maximum absolute atomic E-state index is 14.6. The predicted octanol–water partition coefficient (Wildman–Crippen LogP) is 4.14. The summed E-state index contributed by atoms with van der Waals surface area (Å²) < 4.78 is 5.76. The van der Waals surface area contributed by atoms with Gasteiger partial charge in [-0.2, -0.15) is 0 Å². The summed E-state index contributed by atoms with van der Waals surface area (Å²) in [5.74, 6) is -4.00. The summed E-state index contributed by atoms with van der Waals surface area (Å²) in [6, 6.07) is 32.4. The molecule has 1 fully saturated rings. The third-order valence-corrected chi connectivity index (χ3v) is 11.8. The van der Waals surface area contributed by atoms with Gasteiger partial charge in [0.05, 0.1) is 0 Å². The van der Waals surface area contributed by atoms with Crippen LogP contribution in [0.25, 0.3) is 11.1 Å². The minimum atomic E-state index is -1.42. The van der Waals surface area contributed by atoms with Crippen LogP contribution in [0, 0.1) is 0 Å². The van der Waals surface area contributed by atoms with Crippen molar-refractivity contribution in [1.29, 1.82) is 0 Å². The van der Waals surface area contributed by atoms with Gasteiger partial charge in [0.1, 0.15) is 35.5 Å². The molecule has 1 saturated carbocycles. The summed E-state index contributed by atoms with van der Waals surface area (Å²) in [6.45, 7) is -0.410. The number of aryl methyl sites for hydroxylation is 1. The summed E-state index contributed by atoms with van der Waals surface area (Å²) in [6.07, 6.45) is 1.19. The molecular formula is C47H47N5O8S. The second-order valence-corrected chi connectivity index (χ2v) is 16.4. The number of hydrogen-bond acceptors (Lipinski definition) is 8. The van der Waals surface area contributed by atoms with Gasteiger partial charge in [-0.1, -0.05) is 103 Å². The molecule has 1 aromatic heterocycles. The van der Waals surface area contributed by atoms with Crippen LogP contribution in [0.2, 0.25) is 0 Å². The number of hydrogen-bond donors (Lipinski definition) is 6. The first-order valence-electron chi connectivity index (χ1n) is 20.2. The average Bonchev–Trinajstić information content (AvgIpc) is 3.88. The minimum Gasteiger partial charge on any atom is -0.484 e. The van der Waals surface area contributed by atoms with Crippen LogP contribution < -0.4 is 31.3 Å². The molecule has 2 aliphatic heterocycles. The minimum absolute atomic E-state index is 0.0184. The molecule has 3 heterocycles. The number of amides is 5. The molecule has 4 aromatic carbocycles. The van der Waals surface area contributed by atoms with E-state index in [1.54, 1.807) is 24.3 Å². The molecule has 8 rings (SSSR count). The molecule has 0 radical (unpaired) electrons. The van der Waals surface area contributed by atoms with Crippen LogP contribution in [0.3, 0.4) is 0 Å². The molecule has 0 saturated heterocycles. The second-order valence-electron chi connectivity index (χ2n) is 15.4. The van der Waals surface area contributed by atoms with Crippen molar-refractivity contribution in [2.24, 2.45) is 0 Å². The first-order valence-corrected chi connectivity index (χ1v) is 21.1. The number of ether oxygens (including phenoxy) is 1. The first kappa shape index (κ1) is 42.3. The number of thiophene rings is 1. The third kappa shape index (κ3) is 11.5. The lowest BCUT2D eigenvalue weighted by Crippen LogP contribution is -2.60. The smallest absolute Gasteiger partial charge is 0.329 e. The van der Waals surface area contributed by atoms with E-state index in [-0.39, 0.29) is 38.5 Å². The third-order valence-electron chi connectivity index (χ3n) is 10.9. The zero-order chi connectivity index (χ0) is 42.8. The monoisotopic (exact) mass is 841 g/mol. The van der Waals surface area contributed by atoms with Gasteiger partial charge in [0.15, 0.2) is 6.61 Å². The van der Waals surface area contributed by atoms with Crippen LogP contribution in [0.4, 0.5) is 0 Å². The second kappa shape index (κ2) is 19.5. The van der Waals surface area contributed by atoms with E-state index in [4.69, 9.17) is 4.74 Å². The Bertz CT molecular complexity index is 2320.